The first kappa shape index (κ1) is 14.3. The van der Waals surface area contributed by atoms with Gasteiger partial charge in [0.2, 0.25) is 0 Å². The van der Waals surface area contributed by atoms with Crippen LogP contribution in [0.1, 0.15) is 6.42 Å². The molecule has 0 radical (unpaired) electrons. The standard InChI is InChI=1S/C13H17Cl2NOS/c1-18-8-12(9-5-6-16-7-9)17-11-4-2-3-10(14)13(11)15/h2-4,9,12,16H,5-8H2,1H3/t9?,12-/m0/s1. The first-order valence-corrected chi connectivity index (χ1v) is 8.17. The topological polar surface area (TPSA) is 21.3 Å². The van der Waals surface area contributed by atoms with Crippen molar-refractivity contribution >= 4 is 35.0 Å². The summed E-state index contributed by atoms with van der Waals surface area (Å²) >= 11 is 14.0. The lowest BCUT2D eigenvalue weighted by molar-refractivity contribution is 0.166. The Bertz CT molecular complexity index is 397. The average molecular weight is 306 g/mol. The van der Waals surface area contributed by atoms with Gasteiger partial charge in [0, 0.05) is 18.2 Å². The second-order valence-electron chi connectivity index (χ2n) is 4.42. The number of benzene rings is 1. The van der Waals surface area contributed by atoms with E-state index in [1.807, 2.05) is 12.1 Å². The summed E-state index contributed by atoms with van der Waals surface area (Å²) in [5.74, 6) is 2.21. The van der Waals surface area contributed by atoms with Crippen LogP contribution in [0.3, 0.4) is 0 Å². The predicted molar refractivity (Wildman–Crippen MR) is 80.2 cm³/mol. The van der Waals surface area contributed by atoms with Crippen molar-refractivity contribution in [2.24, 2.45) is 5.92 Å². The molecule has 1 unspecified atom stereocenters. The minimum Gasteiger partial charge on any atom is -0.488 e. The van der Waals surface area contributed by atoms with E-state index in [1.54, 1.807) is 17.8 Å². The number of nitrogens with one attached hydrogen (secondary N) is 1. The second kappa shape index (κ2) is 6.90. The maximum Gasteiger partial charge on any atom is 0.139 e. The lowest BCUT2D eigenvalue weighted by atomic mass is 10.0. The minimum atomic E-state index is 0.186. The molecule has 2 rings (SSSR count). The van der Waals surface area contributed by atoms with E-state index in [2.05, 4.69) is 11.6 Å². The molecule has 18 heavy (non-hydrogen) atoms. The van der Waals surface area contributed by atoms with Crippen molar-refractivity contribution in [2.45, 2.75) is 12.5 Å². The molecule has 5 heteroatoms. The van der Waals surface area contributed by atoms with Crippen molar-refractivity contribution in [2.75, 3.05) is 25.1 Å². The van der Waals surface area contributed by atoms with E-state index in [9.17, 15) is 0 Å². The van der Waals surface area contributed by atoms with Gasteiger partial charge in [-0.3, -0.25) is 0 Å². The minimum absolute atomic E-state index is 0.186. The van der Waals surface area contributed by atoms with Gasteiger partial charge in [-0.05, 0) is 31.4 Å². The maximum atomic E-state index is 6.16. The van der Waals surface area contributed by atoms with Crippen LogP contribution in [0.25, 0.3) is 0 Å². The van der Waals surface area contributed by atoms with Gasteiger partial charge >= 0.3 is 0 Å². The third-order valence-electron chi connectivity index (χ3n) is 3.15. The van der Waals surface area contributed by atoms with Crippen molar-refractivity contribution in [3.63, 3.8) is 0 Å². The summed E-state index contributed by atoms with van der Waals surface area (Å²) in [6.07, 6.45) is 3.44. The van der Waals surface area contributed by atoms with E-state index in [-0.39, 0.29) is 6.10 Å². The monoisotopic (exact) mass is 305 g/mol. The lowest BCUT2D eigenvalue weighted by Crippen LogP contribution is -2.31. The molecule has 0 saturated carbocycles. The Morgan fingerprint density at radius 3 is 3.00 bits per heavy atom. The fourth-order valence-corrected chi connectivity index (χ4v) is 3.17. The highest BCUT2D eigenvalue weighted by Crippen LogP contribution is 2.33. The van der Waals surface area contributed by atoms with Crippen molar-refractivity contribution in [1.29, 1.82) is 0 Å². The maximum absolute atomic E-state index is 6.16. The van der Waals surface area contributed by atoms with Gasteiger partial charge in [0.05, 0.1) is 5.02 Å². The largest absolute Gasteiger partial charge is 0.488 e. The number of hydrogen-bond acceptors (Lipinski definition) is 3. The average Bonchev–Trinajstić information content (AvgIpc) is 2.88. The molecule has 1 aliphatic heterocycles. The zero-order valence-electron chi connectivity index (χ0n) is 10.3. The van der Waals surface area contributed by atoms with Gasteiger partial charge in [0.25, 0.3) is 0 Å². The van der Waals surface area contributed by atoms with Crippen LogP contribution in [-0.4, -0.2) is 31.2 Å². The molecule has 1 aromatic rings. The van der Waals surface area contributed by atoms with Crippen LogP contribution in [0.5, 0.6) is 5.75 Å². The molecule has 1 saturated heterocycles. The van der Waals surface area contributed by atoms with Crippen LogP contribution >= 0.6 is 35.0 Å². The molecule has 0 bridgehead atoms. The molecule has 1 heterocycles. The van der Waals surface area contributed by atoms with Crippen molar-refractivity contribution in [3.8, 4) is 5.75 Å². The molecule has 0 aliphatic carbocycles. The van der Waals surface area contributed by atoms with Gasteiger partial charge in [-0.15, -0.1) is 0 Å². The molecule has 1 fully saturated rings. The zero-order chi connectivity index (χ0) is 13.0. The highest BCUT2D eigenvalue weighted by atomic mass is 35.5. The van der Waals surface area contributed by atoms with Gasteiger partial charge in [-0.25, -0.2) is 0 Å². The number of ether oxygens (including phenoxy) is 1. The molecular formula is C13H17Cl2NOS. The van der Waals surface area contributed by atoms with Gasteiger partial charge < -0.3 is 10.1 Å². The highest BCUT2D eigenvalue weighted by molar-refractivity contribution is 7.98. The molecule has 1 aromatic carbocycles. The van der Waals surface area contributed by atoms with Crippen molar-refractivity contribution in [1.82, 2.24) is 5.32 Å². The normalized spacial score (nSPS) is 20.9. The number of halogens is 2. The molecule has 2 nitrogen and oxygen atoms in total. The molecule has 2 atom stereocenters. The fraction of sp³-hybridized carbons (Fsp3) is 0.538. The number of rotatable bonds is 5. The third kappa shape index (κ3) is 3.47. The summed E-state index contributed by atoms with van der Waals surface area (Å²) in [6.45, 7) is 2.09. The summed E-state index contributed by atoms with van der Waals surface area (Å²) in [7, 11) is 0. The molecular weight excluding hydrogens is 289 g/mol. The van der Waals surface area contributed by atoms with E-state index in [0.29, 0.717) is 21.7 Å². The third-order valence-corrected chi connectivity index (χ3v) is 4.61. The molecule has 1 N–H and O–H groups in total. The zero-order valence-corrected chi connectivity index (χ0v) is 12.6. The van der Waals surface area contributed by atoms with E-state index in [4.69, 9.17) is 27.9 Å². The molecule has 100 valence electrons. The first-order valence-electron chi connectivity index (χ1n) is 6.02. The van der Waals surface area contributed by atoms with Crippen LogP contribution in [0, 0.1) is 5.92 Å². The molecule has 1 aliphatic rings. The van der Waals surface area contributed by atoms with Gasteiger partial charge in [0.1, 0.15) is 16.9 Å². The second-order valence-corrected chi connectivity index (χ2v) is 6.11. The van der Waals surface area contributed by atoms with Crippen molar-refractivity contribution in [3.05, 3.63) is 28.2 Å². The van der Waals surface area contributed by atoms with Gasteiger partial charge in [-0.2, -0.15) is 11.8 Å². The number of hydrogen-bond donors (Lipinski definition) is 1. The Hall–Kier alpha value is -0.0900. The van der Waals surface area contributed by atoms with E-state index in [1.165, 1.54) is 0 Å². The summed E-state index contributed by atoms with van der Waals surface area (Å²) in [6, 6.07) is 5.52. The summed E-state index contributed by atoms with van der Waals surface area (Å²) < 4.78 is 6.07. The molecule has 0 aromatic heterocycles. The van der Waals surface area contributed by atoms with E-state index < -0.39 is 0 Å². The Morgan fingerprint density at radius 1 is 1.50 bits per heavy atom. The quantitative estimate of drug-likeness (QED) is 0.896. The van der Waals surface area contributed by atoms with Crippen molar-refractivity contribution < 1.29 is 4.74 Å². The Balaban J connectivity index is 2.10. The highest BCUT2D eigenvalue weighted by Gasteiger charge is 2.26. The summed E-state index contributed by atoms with van der Waals surface area (Å²) in [5.41, 5.74) is 0. The smallest absolute Gasteiger partial charge is 0.139 e. The predicted octanol–water partition coefficient (Wildman–Crippen LogP) is 3.71. The SMILES string of the molecule is CSC[C@H](Oc1cccc(Cl)c1Cl)C1CCNC1. The van der Waals surface area contributed by atoms with Crippen LogP contribution in [0.2, 0.25) is 10.0 Å². The van der Waals surface area contributed by atoms with E-state index >= 15 is 0 Å². The van der Waals surface area contributed by atoms with Crippen LogP contribution < -0.4 is 10.1 Å². The Labute approximate surface area is 122 Å². The van der Waals surface area contributed by atoms with Gasteiger partial charge in [-0.1, -0.05) is 29.3 Å². The summed E-state index contributed by atoms with van der Waals surface area (Å²) in [4.78, 5) is 0. The first-order chi connectivity index (χ1) is 8.72. The summed E-state index contributed by atoms with van der Waals surface area (Å²) in [5, 5.41) is 4.43. The van der Waals surface area contributed by atoms with E-state index in [0.717, 1.165) is 25.3 Å². The fourth-order valence-electron chi connectivity index (χ4n) is 2.16. The Kier molecular flexibility index (Phi) is 5.49. The van der Waals surface area contributed by atoms with Crippen LogP contribution in [0.4, 0.5) is 0 Å². The Morgan fingerprint density at radius 2 is 2.33 bits per heavy atom. The molecule has 0 spiro atoms. The molecule has 0 amide bonds. The lowest BCUT2D eigenvalue weighted by Gasteiger charge is -2.24. The van der Waals surface area contributed by atoms with Crippen LogP contribution in [-0.2, 0) is 0 Å². The van der Waals surface area contributed by atoms with Crippen LogP contribution in [0.15, 0.2) is 18.2 Å². The van der Waals surface area contributed by atoms with Gasteiger partial charge in [0.15, 0.2) is 0 Å². The number of thioether (sulfide) groups is 1.